The molecule has 2 aliphatic heterocycles. The molecule has 2 saturated heterocycles. The van der Waals surface area contributed by atoms with Gasteiger partial charge in [0.15, 0.2) is 0 Å². The van der Waals surface area contributed by atoms with Crippen molar-refractivity contribution in [2.75, 3.05) is 45.9 Å². The van der Waals surface area contributed by atoms with Gasteiger partial charge in [-0.25, -0.2) is 0 Å². The summed E-state index contributed by atoms with van der Waals surface area (Å²) in [4.78, 5) is 5.19. The zero-order valence-corrected chi connectivity index (χ0v) is 10.7. The first-order chi connectivity index (χ1) is 8.25. The summed E-state index contributed by atoms with van der Waals surface area (Å²) < 4.78 is 5.42. The molecule has 1 atom stereocenters. The van der Waals surface area contributed by atoms with E-state index in [-0.39, 0.29) is 5.54 Å². The van der Waals surface area contributed by atoms with E-state index in [0.29, 0.717) is 0 Å². The molecule has 98 valence electrons. The van der Waals surface area contributed by atoms with Crippen LogP contribution in [-0.2, 0) is 4.74 Å². The zero-order chi connectivity index (χ0) is 11.7. The average Bonchev–Trinajstić information content (AvgIpc) is 2.77. The van der Waals surface area contributed by atoms with Gasteiger partial charge in [-0.2, -0.15) is 0 Å². The van der Waals surface area contributed by atoms with E-state index >= 15 is 0 Å². The normalized spacial score (nSPS) is 34.8. The number of nitrogens with zero attached hydrogens (tertiary/aromatic N) is 2. The SMILES string of the molecule is NC1(CN2CCC(N3CCOCC3)C2)CCC1. The minimum atomic E-state index is 0.153. The maximum Gasteiger partial charge on any atom is 0.0594 e. The molecule has 1 saturated carbocycles. The molecule has 3 aliphatic rings. The van der Waals surface area contributed by atoms with E-state index in [1.54, 1.807) is 0 Å². The van der Waals surface area contributed by atoms with Crippen molar-refractivity contribution in [3.63, 3.8) is 0 Å². The highest BCUT2D eigenvalue weighted by atomic mass is 16.5. The van der Waals surface area contributed by atoms with Crippen molar-refractivity contribution < 1.29 is 4.74 Å². The topological polar surface area (TPSA) is 41.7 Å². The van der Waals surface area contributed by atoms with Crippen LogP contribution in [0.15, 0.2) is 0 Å². The molecule has 0 radical (unpaired) electrons. The van der Waals surface area contributed by atoms with Crippen LogP contribution in [0.3, 0.4) is 0 Å². The number of morpholine rings is 1. The molecule has 2 N–H and O–H groups in total. The van der Waals surface area contributed by atoms with Gasteiger partial charge in [-0.05, 0) is 32.2 Å². The molecular weight excluding hydrogens is 214 g/mol. The Morgan fingerprint density at radius 2 is 1.94 bits per heavy atom. The van der Waals surface area contributed by atoms with Gasteiger partial charge < -0.3 is 10.5 Å². The van der Waals surface area contributed by atoms with Crippen LogP contribution < -0.4 is 5.73 Å². The summed E-state index contributed by atoms with van der Waals surface area (Å²) in [5.41, 5.74) is 6.48. The number of ether oxygens (including phenoxy) is 1. The van der Waals surface area contributed by atoms with Crippen LogP contribution in [-0.4, -0.2) is 67.3 Å². The number of likely N-dealkylation sites (tertiary alicyclic amines) is 1. The summed E-state index contributed by atoms with van der Waals surface area (Å²) in [6.07, 6.45) is 5.10. The maximum atomic E-state index is 6.33. The summed E-state index contributed by atoms with van der Waals surface area (Å²) in [5.74, 6) is 0. The van der Waals surface area contributed by atoms with Gasteiger partial charge in [-0.3, -0.25) is 9.80 Å². The van der Waals surface area contributed by atoms with Crippen molar-refractivity contribution in [3.8, 4) is 0 Å². The van der Waals surface area contributed by atoms with E-state index in [1.165, 1.54) is 38.8 Å². The summed E-state index contributed by atoms with van der Waals surface area (Å²) in [6.45, 7) is 7.64. The van der Waals surface area contributed by atoms with Crippen LogP contribution in [0.2, 0.25) is 0 Å². The summed E-state index contributed by atoms with van der Waals surface area (Å²) >= 11 is 0. The first kappa shape index (κ1) is 11.9. The third-order valence-corrected chi connectivity index (χ3v) is 4.70. The van der Waals surface area contributed by atoms with Gasteiger partial charge in [0.2, 0.25) is 0 Å². The molecule has 17 heavy (non-hydrogen) atoms. The van der Waals surface area contributed by atoms with Gasteiger partial charge >= 0.3 is 0 Å². The van der Waals surface area contributed by atoms with Crippen LogP contribution in [0.25, 0.3) is 0 Å². The fraction of sp³-hybridized carbons (Fsp3) is 1.00. The second-order valence-corrected chi connectivity index (χ2v) is 6.04. The Balaban J connectivity index is 1.47. The molecule has 3 fully saturated rings. The minimum Gasteiger partial charge on any atom is -0.379 e. The molecule has 0 aromatic rings. The van der Waals surface area contributed by atoms with Crippen LogP contribution in [0.1, 0.15) is 25.7 Å². The monoisotopic (exact) mass is 239 g/mol. The van der Waals surface area contributed by atoms with E-state index in [9.17, 15) is 0 Å². The Bertz CT molecular complexity index is 261. The van der Waals surface area contributed by atoms with Gasteiger partial charge in [0.25, 0.3) is 0 Å². The van der Waals surface area contributed by atoms with Crippen LogP contribution >= 0.6 is 0 Å². The van der Waals surface area contributed by atoms with Gasteiger partial charge in [-0.1, -0.05) is 0 Å². The molecule has 1 unspecified atom stereocenters. The lowest BCUT2D eigenvalue weighted by Gasteiger charge is -2.41. The molecule has 0 amide bonds. The van der Waals surface area contributed by atoms with Gasteiger partial charge in [0.1, 0.15) is 0 Å². The van der Waals surface area contributed by atoms with Crippen molar-refractivity contribution >= 4 is 0 Å². The van der Waals surface area contributed by atoms with Gasteiger partial charge in [0.05, 0.1) is 13.2 Å². The predicted molar refractivity (Wildman–Crippen MR) is 68.0 cm³/mol. The van der Waals surface area contributed by atoms with Gasteiger partial charge in [-0.15, -0.1) is 0 Å². The number of hydrogen-bond donors (Lipinski definition) is 1. The van der Waals surface area contributed by atoms with E-state index < -0.39 is 0 Å². The molecule has 0 bridgehead atoms. The van der Waals surface area contributed by atoms with Crippen molar-refractivity contribution in [2.45, 2.75) is 37.3 Å². The van der Waals surface area contributed by atoms with E-state index in [1.807, 2.05) is 0 Å². The van der Waals surface area contributed by atoms with E-state index in [0.717, 1.165) is 38.9 Å². The molecule has 0 aromatic heterocycles. The molecule has 4 nitrogen and oxygen atoms in total. The van der Waals surface area contributed by atoms with E-state index in [4.69, 9.17) is 10.5 Å². The maximum absolute atomic E-state index is 6.33. The Kier molecular flexibility index (Phi) is 3.39. The fourth-order valence-corrected chi connectivity index (χ4v) is 3.43. The van der Waals surface area contributed by atoms with Crippen molar-refractivity contribution in [1.29, 1.82) is 0 Å². The number of rotatable bonds is 3. The lowest BCUT2D eigenvalue weighted by atomic mass is 9.77. The zero-order valence-electron chi connectivity index (χ0n) is 10.7. The Morgan fingerprint density at radius 1 is 1.18 bits per heavy atom. The van der Waals surface area contributed by atoms with Crippen molar-refractivity contribution in [1.82, 2.24) is 9.80 Å². The summed E-state index contributed by atoms with van der Waals surface area (Å²) in [7, 11) is 0. The van der Waals surface area contributed by atoms with Gasteiger partial charge in [0, 0.05) is 37.8 Å². The largest absolute Gasteiger partial charge is 0.379 e. The lowest BCUT2D eigenvalue weighted by molar-refractivity contribution is 0.0177. The minimum absolute atomic E-state index is 0.153. The van der Waals surface area contributed by atoms with Crippen LogP contribution in [0.5, 0.6) is 0 Å². The highest BCUT2D eigenvalue weighted by Crippen LogP contribution is 2.31. The first-order valence-corrected chi connectivity index (χ1v) is 7.08. The molecular formula is C13H25N3O. The van der Waals surface area contributed by atoms with Crippen molar-refractivity contribution in [2.24, 2.45) is 5.73 Å². The second-order valence-electron chi connectivity index (χ2n) is 6.04. The van der Waals surface area contributed by atoms with E-state index in [2.05, 4.69) is 9.80 Å². The fourth-order valence-electron chi connectivity index (χ4n) is 3.43. The Labute approximate surface area is 104 Å². The average molecular weight is 239 g/mol. The molecule has 0 aromatic carbocycles. The standard InChI is InChI=1S/C13H25N3O/c14-13(3-1-4-13)11-15-5-2-12(10-15)16-6-8-17-9-7-16/h12H,1-11,14H2. The Morgan fingerprint density at radius 3 is 2.59 bits per heavy atom. The molecule has 3 rings (SSSR count). The molecule has 4 heteroatoms. The van der Waals surface area contributed by atoms with Crippen LogP contribution in [0.4, 0.5) is 0 Å². The second kappa shape index (κ2) is 4.84. The third-order valence-electron chi connectivity index (χ3n) is 4.70. The highest BCUT2D eigenvalue weighted by molar-refractivity contribution is 4.97. The number of nitrogens with two attached hydrogens (primary N) is 1. The predicted octanol–water partition coefficient (Wildman–Crippen LogP) is 0.274. The molecule has 0 spiro atoms. The molecule has 2 heterocycles. The third kappa shape index (κ3) is 2.65. The van der Waals surface area contributed by atoms with Crippen molar-refractivity contribution in [3.05, 3.63) is 0 Å². The lowest BCUT2D eigenvalue weighted by Crippen LogP contribution is -2.55. The first-order valence-electron chi connectivity index (χ1n) is 7.08. The smallest absolute Gasteiger partial charge is 0.0594 e. The quantitative estimate of drug-likeness (QED) is 0.768. The number of hydrogen-bond acceptors (Lipinski definition) is 4. The Hall–Kier alpha value is -0.160. The summed E-state index contributed by atoms with van der Waals surface area (Å²) in [6, 6.07) is 0.752. The molecule has 1 aliphatic carbocycles. The summed E-state index contributed by atoms with van der Waals surface area (Å²) in [5, 5.41) is 0. The highest BCUT2D eigenvalue weighted by Gasteiger charge is 2.37. The van der Waals surface area contributed by atoms with Crippen LogP contribution in [0, 0.1) is 0 Å².